The van der Waals surface area contributed by atoms with E-state index in [0.29, 0.717) is 17.5 Å². The predicted molar refractivity (Wildman–Crippen MR) is 92.1 cm³/mol. The molecule has 1 aromatic carbocycles. The van der Waals surface area contributed by atoms with Gasteiger partial charge in [-0.15, -0.1) is 0 Å². The Balaban J connectivity index is 1.50. The first-order valence-electron chi connectivity index (χ1n) is 7.80. The number of aryl methyl sites for hydroxylation is 1. The summed E-state index contributed by atoms with van der Waals surface area (Å²) in [5.74, 6) is 1.31. The fourth-order valence-electron chi connectivity index (χ4n) is 2.67. The van der Waals surface area contributed by atoms with E-state index in [9.17, 15) is 8.42 Å². The Kier molecular flexibility index (Phi) is 4.30. The zero-order valence-electron chi connectivity index (χ0n) is 13.4. The van der Waals surface area contributed by atoms with E-state index >= 15 is 0 Å². The molecule has 2 atom stereocenters. The van der Waals surface area contributed by atoms with E-state index < -0.39 is 10.0 Å². The highest BCUT2D eigenvalue weighted by Crippen LogP contribution is 2.47. The Labute approximate surface area is 137 Å². The third kappa shape index (κ3) is 4.04. The van der Waals surface area contributed by atoms with Crippen molar-refractivity contribution in [2.24, 2.45) is 13.0 Å². The van der Waals surface area contributed by atoms with Gasteiger partial charge in [-0.05, 0) is 55.0 Å². The van der Waals surface area contributed by atoms with Crippen LogP contribution in [-0.2, 0) is 17.1 Å². The molecule has 0 saturated heterocycles. The van der Waals surface area contributed by atoms with Crippen LogP contribution in [0, 0.1) is 5.92 Å². The minimum Gasteiger partial charge on any atom is -0.385 e. The SMILES string of the molecule is CCS(=O)(=O)Nc1ccc(NC[C@@H]2C[C@H]2c2cnn(C)c2)cc1. The van der Waals surface area contributed by atoms with Gasteiger partial charge in [0.05, 0.1) is 11.9 Å². The number of rotatable bonds is 7. The zero-order valence-corrected chi connectivity index (χ0v) is 14.2. The molecule has 2 N–H and O–H groups in total. The Hall–Kier alpha value is -2.02. The molecule has 1 fully saturated rings. The fraction of sp³-hybridized carbons (Fsp3) is 0.438. The van der Waals surface area contributed by atoms with Crippen molar-refractivity contribution in [3.05, 3.63) is 42.2 Å². The van der Waals surface area contributed by atoms with Crippen LogP contribution in [-0.4, -0.2) is 30.5 Å². The lowest BCUT2D eigenvalue weighted by atomic mass is 10.2. The summed E-state index contributed by atoms with van der Waals surface area (Å²) in [6.45, 7) is 2.53. The highest BCUT2D eigenvalue weighted by molar-refractivity contribution is 7.92. The van der Waals surface area contributed by atoms with Crippen LogP contribution < -0.4 is 10.0 Å². The lowest BCUT2D eigenvalue weighted by molar-refractivity contribution is 0.602. The van der Waals surface area contributed by atoms with Crippen molar-refractivity contribution in [2.75, 3.05) is 22.3 Å². The molecule has 1 aromatic heterocycles. The van der Waals surface area contributed by atoms with Crippen molar-refractivity contribution < 1.29 is 8.42 Å². The predicted octanol–water partition coefficient (Wildman–Crippen LogP) is 2.40. The number of nitrogens with zero attached hydrogens (tertiary/aromatic N) is 2. The molecule has 124 valence electrons. The van der Waals surface area contributed by atoms with Crippen molar-refractivity contribution in [1.82, 2.24) is 9.78 Å². The van der Waals surface area contributed by atoms with Gasteiger partial charge in [-0.1, -0.05) is 0 Å². The van der Waals surface area contributed by atoms with E-state index in [1.54, 1.807) is 19.1 Å². The molecule has 23 heavy (non-hydrogen) atoms. The van der Waals surface area contributed by atoms with E-state index in [-0.39, 0.29) is 5.75 Å². The average molecular weight is 334 g/mol. The molecular formula is C16H22N4O2S. The maximum Gasteiger partial charge on any atom is 0.232 e. The maximum atomic E-state index is 11.5. The monoisotopic (exact) mass is 334 g/mol. The molecule has 0 unspecified atom stereocenters. The number of nitrogens with one attached hydrogen (secondary N) is 2. The quantitative estimate of drug-likeness (QED) is 0.815. The first kappa shape index (κ1) is 15.9. The topological polar surface area (TPSA) is 76.0 Å². The van der Waals surface area contributed by atoms with Crippen LogP contribution in [0.4, 0.5) is 11.4 Å². The van der Waals surface area contributed by atoms with Crippen molar-refractivity contribution >= 4 is 21.4 Å². The Morgan fingerprint density at radius 2 is 1.96 bits per heavy atom. The summed E-state index contributed by atoms with van der Waals surface area (Å²) in [5, 5.41) is 7.63. The smallest absolute Gasteiger partial charge is 0.232 e. The molecule has 1 aliphatic rings. The van der Waals surface area contributed by atoms with Gasteiger partial charge in [-0.25, -0.2) is 8.42 Å². The molecule has 1 heterocycles. The molecule has 0 radical (unpaired) electrons. The molecule has 0 aliphatic heterocycles. The molecule has 1 saturated carbocycles. The normalized spacial score (nSPS) is 20.3. The number of hydrogen-bond acceptors (Lipinski definition) is 4. The molecule has 6 nitrogen and oxygen atoms in total. The van der Waals surface area contributed by atoms with Crippen molar-refractivity contribution in [1.29, 1.82) is 0 Å². The van der Waals surface area contributed by atoms with Crippen LogP contribution in [0.3, 0.4) is 0 Å². The second kappa shape index (κ2) is 6.23. The minimum atomic E-state index is -3.22. The lowest BCUT2D eigenvalue weighted by Gasteiger charge is -2.09. The number of anilines is 2. The molecule has 0 amide bonds. The van der Waals surface area contributed by atoms with Crippen molar-refractivity contribution in [3.63, 3.8) is 0 Å². The second-order valence-electron chi connectivity index (χ2n) is 6.01. The molecule has 2 aromatic rings. The van der Waals surface area contributed by atoms with Gasteiger partial charge in [0.2, 0.25) is 10.0 Å². The summed E-state index contributed by atoms with van der Waals surface area (Å²) in [7, 11) is -1.28. The van der Waals surface area contributed by atoms with E-state index in [1.807, 2.05) is 30.1 Å². The second-order valence-corrected chi connectivity index (χ2v) is 8.02. The fourth-order valence-corrected chi connectivity index (χ4v) is 3.31. The molecule has 3 rings (SSSR count). The van der Waals surface area contributed by atoms with E-state index in [1.165, 1.54) is 12.0 Å². The highest BCUT2D eigenvalue weighted by Gasteiger charge is 2.38. The zero-order chi connectivity index (χ0) is 16.4. The van der Waals surface area contributed by atoms with Gasteiger partial charge in [-0.2, -0.15) is 5.10 Å². The number of benzene rings is 1. The van der Waals surface area contributed by atoms with Crippen molar-refractivity contribution in [2.45, 2.75) is 19.3 Å². The van der Waals surface area contributed by atoms with Gasteiger partial charge < -0.3 is 5.32 Å². The molecule has 7 heteroatoms. The summed E-state index contributed by atoms with van der Waals surface area (Å²) >= 11 is 0. The Bertz CT molecular complexity index is 768. The lowest BCUT2D eigenvalue weighted by Crippen LogP contribution is -2.14. The van der Waals surface area contributed by atoms with E-state index in [2.05, 4.69) is 21.3 Å². The summed E-state index contributed by atoms with van der Waals surface area (Å²) in [6, 6.07) is 7.35. The van der Waals surface area contributed by atoms with Crippen LogP contribution in [0.15, 0.2) is 36.7 Å². The number of hydrogen-bond donors (Lipinski definition) is 2. The highest BCUT2D eigenvalue weighted by atomic mass is 32.2. The van der Waals surface area contributed by atoms with Crippen molar-refractivity contribution in [3.8, 4) is 0 Å². The van der Waals surface area contributed by atoms with Gasteiger partial charge in [0.1, 0.15) is 0 Å². The largest absolute Gasteiger partial charge is 0.385 e. The first-order valence-corrected chi connectivity index (χ1v) is 9.45. The Morgan fingerprint density at radius 3 is 2.57 bits per heavy atom. The summed E-state index contributed by atoms with van der Waals surface area (Å²) < 4.78 is 27.4. The third-order valence-corrected chi connectivity index (χ3v) is 5.49. The van der Waals surface area contributed by atoms with Crippen LogP contribution >= 0.6 is 0 Å². The standard InChI is InChI=1S/C16H22N4O2S/c1-3-23(21,22)19-15-6-4-14(5-7-15)17-9-12-8-16(12)13-10-18-20(2)11-13/h4-7,10-12,16-17,19H,3,8-9H2,1-2H3/t12-,16+/m0/s1. The molecule has 1 aliphatic carbocycles. The van der Waals surface area contributed by atoms with E-state index in [0.717, 1.165) is 12.2 Å². The first-order chi connectivity index (χ1) is 11.0. The average Bonchev–Trinajstić information content (AvgIpc) is 3.18. The summed E-state index contributed by atoms with van der Waals surface area (Å²) in [5.41, 5.74) is 2.90. The van der Waals surface area contributed by atoms with Crippen LogP contribution in [0.1, 0.15) is 24.8 Å². The van der Waals surface area contributed by atoms with Crippen LogP contribution in [0.25, 0.3) is 0 Å². The van der Waals surface area contributed by atoms with Gasteiger partial charge >= 0.3 is 0 Å². The van der Waals surface area contributed by atoms with E-state index in [4.69, 9.17) is 0 Å². The number of sulfonamides is 1. The minimum absolute atomic E-state index is 0.0738. The molecule has 0 bridgehead atoms. The molecular weight excluding hydrogens is 312 g/mol. The Morgan fingerprint density at radius 1 is 1.26 bits per heavy atom. The van der Waals surface area contributed by atoms with Crippen LogP contribution in [0.2, 0.25) is 0 Å². The third-order valence-electron chi connectivity index (χ3n) is 4.18. The van der Waals surface area contributed by atoms with Gasteiger partial charge in [0, 0.05) is 31.2 Å². The number of aromatic nitrogens is 2. The summed E-state index contributed by atoms with van der Waals surface area (Å²) in [4.78, 5) is 0. The van der Waals surface area contributed by atoms with Gasteiger partial charge in [-0.3, -0.25) is 9.40 Å². The summed E-state index contributed by atoms with van der Waals surface area (Å²) in [6.07, 6.45) is 5.21. The van der Waals surface area contributed by atoms with Gasteiger partial charge in [0.15, 0.2) is 0 Å². The molecule has 0 spiro atoms. The van der Waals surface area contributed by atoms with Crippen LogP contribution in [0.5, 0.6) is 0 Å². The maximum absolute atomic E-state index is 11.5. The van der Waals surface area contributed by atoms with Gasteiger partial charge in [0.25, 0.3) is 0 Å².